The van der Waals surface area contributed by atoms with Crippen LogP contribution in [0, 0.1) is 24.6 Å². The van der Waals surface area contributed by atoms with Gasteiger partial charge in [-0.25, -0.2) is 9.07 Å². The van der Waals surface area contributed by atoms with Gasteiger partial charge in [0.15, 0.2) is 5.82 Å². The van der Waals surface area contributed by atoms with Crippen LogP contribution in [0.2, 0.25) is 5.02 Å². The monoisotopic (exact) mass is 461 g/mol. The van der Waals surface area contributed by atoms with Crippen LogP contribution in [0.3, 0.4) is 0 Å². The van der Waals surface area contributed by atoms with Gasteiger partial charge in [0.05, 0.1) is 6.04 Å². The molecule has 2 aromatic heterocycles. The Labute approximate surface area is 189 Å². The highest BCUT2D eigenvalue weighted by Gasteiger charge is 2.43. The maximum atomic E-state index is 13.7. The second kappa shape index (κ2) is 8.23. The van der Waals surface area contributed by atoms with Gasteiger partial charge in [0.1, 0.15) is 11.6 Å². The molecule has 0 radical (unpaired) electrons. The Morgan fingerprint density at radius 3 is 2.56 bits per heavy atom. The molecule has 2 aliphatic rings. The molecular formula is C21H25ClFN7O2. The minimum absolute atomic E-state index is 0.0106. The van der Waals surface area contributed by atoms with Crippen LogP contribution in [0.5, 0.6) is 11.8 Å². The van der Waals surface area contributed by atoms with Gasteiger partial charge in [0, 0.05) is 30.2 Å². The number of fused-ring (bicyclic) bond motifs is 2. The zero-order chi connectivity index (χ0) is 22.4. The lowest BCUT2D eigenvalue weighted by Crippen LogP contribution is -2.48. The third-order valence-corrected chi connectivity index (χ3v) is 6.27. The number of nitrogens with zero attached hydrogens (tertiary/aromatic N) is 6. The number of anilines is 2. The first-order valence-electron chi connectivity index (χ1n) is 10.8. The molecule has 170 valence electrons. The Hall–Kier alpha value is -2.88. The molecule has 2 bridgehead atoms. The standard InChI is InChI=1S/C21H25ClFN7O2/c1-11(2)30-21(31-17-7-15(22)6-16(23)8-17)26-19(27-30)25-18-13-4-5-14(18)10-29(9-13)20-24-12(3)28-32-20/h6-8,11,13-14,18H,4-5,9-10H2,1-3H3,(H,25,27)/t13-,14+,18?. The fourth-order valence-corrected chi connectivity index (χ4v) is 4.86. The molecule has 5 rings (SSSR count). The Morgan fingerprint density at radius 1 is 1.19 bits per heavy atom. The van der Waals surface area contributed by atoms with Crippen molar-refractivity contribution < 1.29 is 13.7 Å². The molecule has 32 heavy (non-hydrogen) atoms. The van der Waals surface area contributed by atoms with E-state index in [1.54, 1.807) is 10.7 Å². The first kappa shape index (κ1) is 21.0. The molecule has 11 heteroatoms. The van der Waals surface area contributed by atoms with Crippen molar-refractivity contribution in [3.05, 3.63) is 34.9 Å². The predicted molar refractivity (Wildman–Crippen MR) is 117 cm³/mol. The smallest absolute Gasteiger partial charge is 0.324 e. The first-order valence-corrected chi connectivity index (χ1v) is 11.2. The molecule has 1 saturated heterocycles. The molecule has 3 heterocycles. The number of aryl methyl sites for hydroxylation is 1. The van der Waals surface area contributed by atoms with Crippen LogP contribution in [-0.4, -0.2) is 44.0 Å². The van der Waals surface area contributed by atoms with Crippen LogP contribution in [0.4, 0.5) is 16.4 Å². The van der Waals surface area contributed by atoms with E-state index in [1.807, 2.05) is 20.8 Å². The van der Waals surface area contributed by atoms with Crippen LogP contribution in [0.25, 0.3) is 0 Å². The van der Waals surface area contributed by atoms with E-state index in [9.17, 15) is 4.39 Å². The van der Waals surface area contributed by atoms with Gasteiger partial charge in [-0.1, -0.05) is 16.8 Å². The first-order chi connectivity index (χ1) is 15.4. The van der Waals surface area contributed by atoms with Gasteiger partial charge in [0.2, 0.25) is 5.95 Å². The Balaban J connectivity index is 1.33. The van der Waals surface area contributed by atoms with Gasteiger partial charge in [-0.15, -0.1) is 5.10 Å². The normalized spacial score (nSPS) is 22.6. The van der Waals surface area contributed by atoms with E-state index >= 15 is 0 Å². The highest BCUT2D eigenvalue weighted by molar-refractivity contribution is 6.30. The van der Waals surface area contributed by atoms with Gasteiger partial charge in [-0.3, -0.25) is 0 Å². The second-order valence-electron chi connectivity index (χ2n) is 8.76. The van der Waals surface area contributed by atoms with Crippen LogP contribution >= 0.6 is 11.6 Å². The molecule has 9 nitrogen and oxygen atoms in total. The van der Waals surface area contributed by atoms with Gasteiger partial charge in [-0.2, -0.15) is 9.97 Å². The topological polar surface area (TPSA) is 94.1 Å². The van der Waals surface area contributed by atoms with Crippen molar-refractivity contribution in [1.29, 1.82) is 0 Å². The van der Waals surface area contributed by atoms with Gasteiger partial charge < -0.3 is 19.5 Å². The number of piperidine rings is 1. The van der Waals surface area contributed by atoms with E-state index in [2.05, 4.69) is 30.4 Å². The SMILES string of the molecule is Cc1noc(N2C[C@H]3CC[C@@H](C2)C3Nc2nc(Oc3cc(F)cc(Cl)c3)n(C(C)C)n2)n1. The number of hydrogen-bond acceptors (Lipinski definition) is 8. The number of ether oxygens (including phenoxy) is 1. The van der Waals surface area contributed by atoms with Crippen LogP contribution in [0.15, 0.2) is 22.7 Å². The van der Waals surface area contributed by atoms with E-state index in [-0.39, 0.29) is 28.9 Å². The summed E-state index contributed by atoms with van der Waals surface area (Å²) in [5, 5.41) is 12.3. The number of benzene rings is 1. The summed E-state index contributed by atoms with van der Waals surface area (Å²) >= 11 is 5.95. The van der Waals surface area contributed by atoms with Gasteiger partial charge in [-0.05, 0) is 57.6 Å². The second-order valence-corrected chi connectivity index (χ2v) is 9.20. The summed E-state index contributed by atoms with van der Waals surface area (Å²) in [7, 11) is 0. The maximum Gasteiger partial charge on any atom is 0.324 e. The van der Waals surface area contributed by atoms with Crippen LogP contribution in [0.1, 0.15) is 38.6 Å². The van der Waals surface area contributed by atoms with Crippen molar-refractivity contribution in [2.45, 2.75) is 45.7 Å². The third kappa shape index (κ3) is 4.11. The van der Waals surface area contributed by atoms with Crippen molar-refractivity contribution in [3.8, 4) is 11.8 Å². The molecule has 1 aromatic carbocycles. The minimum Gasteiger partial charge on any atom is -0.424 e. The summed E-state index contributed by atoms with van der Waals surface area (Å²) in [4.78, 5) is 11.1. The van der Waals surface area contributed by atoms with E-state index in [0.717, 1.165) is 25.9 Å². The molecule has 1 N–H and O–H groups in total. The van der Waals surface area contributed by atoms with Crippen molar-refractivity contribution in [2.24, 2.45) is 11.8 Å². The molecule has 0 spiro atoms. The summed E-state index contributed by atoms with van der Waals surface area (Å²) in [6, 6.07) is 5.18. The largest absolute Gasteiger partial charge is 0.424 e. The average molecular weight is 462 g/mol. The third-order valence-electron chi connectivity index (χ3n) is 6.05. The van der Waals surface area contributed by atoms with Gasteiger partial charge in [0.25, 0.3) is 0 Å². The van der Waals surface area contributed by atoms with Crippen LogP contribution in [-0.2, 0) is 0 Å². The van der Waals surface area contributed by atoms with Crippen molar-refractivity contribution in [2.75, 3.05) is 23.3 Å². The van der Waals surface area contributed by atoms with Crippen molar-refractivity contribution >= 4 is 23.6 Å². The van der Waals surface area contributed by atoms with E-state index in [0.29, 0.717) is 29.6 Å². The lowest BCUT2D eigenvalue weighted by molar-refractivity contribution is 0.340. The summed E-state index contributed by atoms with van der Waals surface area (Å²) in [5.41, 5.74) is 0. The fraction of sp³-hybridized carbons (Fsp3) is 0.524. The zero-order valence-electron chi connectivity index (χ0n) is 18.1. The predicted octanol–water partition coefficient (Wildman–Crippen LogP) is 4.46. The molecule has 1 aliphatic heterocycles. The Bertz CT molecular complexity index is 1080. The quantitative estimate of drug-likeness (QED) is 0.575. The average Bonchev–Trinajstić information content (AvgIpc) is 3.38. The van der Waals surface area contributed by atoms with E-state index in [1.165, 1.54) is 12.1 Å². The summed E-state index contributed by atoms with van der Waals surface area (Å²) in [5.74, 6) is 1.78. The number of aromatic nitrogens is 5. The number of rotatable bonds is 6. The highest BCUT2D eigenvalue weighted by atomic mass is 35.5. The Morgan fingerprint density at radius 2 is 1.94 bits per heavy atom. The molecule has 2 fully saturated rings. The lowest BCUT2D eigenvalue weighted by Gasteiger charge is -2.37. The number of nitrogens with one attached hydrogen (secondary N) is 1. The molecule has 3 atom stereocenters. The summed E-state index contributed by atoms with van der Waals surface area (Å²) in [6.45, 7) is 7.47. The van der Waals surface area contributed by atoms with Crippen molar-refractivity contribution in [3.63, 3.8) is 0 Å². The number of halogens is 2. The summed E-state index contributed by atoms with van der Waals surface area (Å²) < 4.78 is 26.6. The minimum atomic E-state index is -0.471. The molecule has 1 saturated carbocycles. The van der Waals surface area contributed by atoms with Crippen LogP contribution < -0.4 is 15.0 Å². The molecule has 0 amide bonds. The molecular weight excluding hydrogens is 437 g/mol. The van der Waals surface area contributed by atoms with E-state index in [4.69, 9.17) is 20.9 Å². The van der Waals surface area contributed by atoms with Gasteiger partial charge >= 0.3 is 12.0 Å². The zero-order valence-corrected chi connectivity index (χ0v) is 18.9. The number of hydrogen-bond donors (Lipinski definition) is 1. The lowest BCUT2D eigenvalue weighted by atomic mass is 9.92. The Kier molecular flexibility index (Phi) is 5.40. The fourth-order valence-electron chi connectivity index (χ4n) is 4.65. The molecule has 1 unspecified atom stereocenters. The van der Waals surface area contributed by atoms with E-state index < -0.39 is 5.82 Å². The van der Waals surface area contributed by atoms with Crippen molar-refractivity contribution in [1.82, 2.24) is 24.9 Å². The maximum absolute atomic E-state index is 13.7. The molecule has 3 aromatic rings. The molecule has 1 aliphatic carbocycles. The highest BCUT2D eigenvalue weighted by Crippen LogP contribution is 2.40. The summed E-state index contributed by atoms with van der Waals surface area (Å²) in [6.07, 6.45) is 2.23.